The molecule has 2 aromatic carbocycles. The van der Waals surface area contributed by atoms with E-state index in [2.05, 4.69) is 48.6 Å². The molecule has 3 N–H and O–H groups in total. The van der Waals surface area contributed by atoms with Gasteiger partial charge in [0.2, 0.25) is 5.95 Å². The maximum absolute atomic E-state index is 5.59. The highest BCUT2D eigenvalue weighted by atomic mass is 79.9. The molecule has 4 heterocycles. The second kappa shape index (κ2) is 9.13. The first-order chi connectivity index (χ1) is 15.7. The third kappa shape index (κ3) is 4.01. The minimum absolute atomic E-state index is 0.618. The summed E-state index contributed by atoms with van der Waals surface area (Å²) < 4.78 is 13.6. The fourth-order valence-electron chi connectivity index (χ4n) is 4.04. The Morgan fingerprint density at radius 3 is 2.41 bits per heavy atom. The van der Waals surface area contributed by atoms with E-state index in [-0.39, 0.29) is 0 Å². The van der Waals surface area contributed by atoms with Gasteiger partial charge in [-0.2, -0.15) is 0 Å². The summed E-state index contributed by atoms with van der Waals surface area (Å²) in [5, 5.41) is 11.3. The van der Waals surface area contributed by atoms with Crippen molar-refractivity contribution in [2.75, 3.05) is 18.5 Å². The Bertz CT molecular complexity index is 1260. The van der Waals surface area contributed by atoms with Crippen LogP contribution in [-0.4, -0.2) is 32.8 Å². The van der Waals surface area contributed by atoms with E-state index < -0.39 is 0 Å². The molecule has 0 spiro atoms. The minimum Gasteiger partial charge on any atom is -0.493 e. The van der Waals surface area contributed by atoms with Crippen LogP contribution in [0, 0.1) is 0 Å². The molecule has 2 aromatic heterocycles. The van der Waals surface area contributed by atoms with Gasteiger partial charge in [0.15, 0.2) is 5.65 Å². The molecule has 8 nitrogen and oxygen atoms in total. The molecule has 0 atom stereocenters. The normalized spacial score (nSPS) is 13.6. The number of anilines is 1. The van der Waals surface area contributed by atoms with Crippen LogP contribution in [-0.2, 0) is 25.9 Å². The Morgan fingerprint density at radius 2 is 1.69 bits per heavy atom. The summed E-state index contributed by atoms with van der Waals surface area (Å²) in [6.45, 7) is 2.88. The zero-order chi connectivity index (χ0) is 21.9. The van der Waals surface area contributed by atoms with Crippen LogP contribution >= 0.6 is 15.9 Å². The van der Waals surface area contributed by atoms with Crippen LogP contribution in [0.1, 0.15) is 22.3 Å². The summed E-state index contributed by atoms with van der Waals surface area (Å²) in [6, 6.07) is 12.2. The van der Waals surface area contributed by atoms with E-state index in [1.165, 1.54) is 22.3 Å². The molecule has 4 aromatic rings. The summed E-state index contributed by atoms with van der Waals surface area (Å²) in [7, 11) is 0. The summed E-state index contributed by atoms with van der Waals surface area (Å²) in [4.78, 5) is 4.38. The van der Waals surface area contributed by atoms with E-state index in [0.717, 1.165) is 53.6 Å². The molecular formula is C23H23BrN6O2. The Morgan fingerprint density at radius 1 is 1.00 bits per heavy atom. The standard InChI is InChI=1S/C14H12BrN5O.C9H11NO/c15-11-7-17-14(20-8-18-19-13(11)20)16-6-9-2-1-3-12-10(9)4-5-21-12;10-6-7-2-1-3-9-8(7)4-5-11-9/h1-3,7-8H,4-6H2,(H,16,17);1-3H,4-6,10H2. The topological polar surface area (TPSA) is 99.6 Å². The van der Waals surface area contributed by atoms with Crippen molar-refractivity contribution in [3.05, 3.63) is 75.6 Å². The predicted molar refractivity (Wildman–Crippen MR) is 125 cm³/mol. The molecule has 0 saturated heterocycles. The number of nitrogens with two attached hydrogens (primary N) is 1. The Labute approximate surface area is 193 Å². The Kier molecular flexibility index (Phi) is 5.91. The lowest BCUT2D eigenvalue weighted by Crippen LogP contribution is -2.07. The number of benzene rings is 2. The number of hydrogen-bond donors (Lipinski definition) is 2. The van der Waals surface area contributed by atoms with Gasteiger partial charge in [-0.25, -0.2) is 4.98 Å². The van der Waals surface area contributed by atoms with Crippen LogP contribution in [0.5, 0.6) is 11.5 Å². The molecule has 2 aliphatic rings. The zero-order valence-electron chi connectivity index (χ0n) is 17.4. The number of fused-ring (bicyclic) bond motifs is 3. The highest BCUT2D eigenvalue weighted by molar-refractivity contribution is 9.10. The largest absolute Gasteiger partial charge is 0.493 e. The van der Waals surface area contributed by atoms with Gasteiger partial charge in [0, 0.05) is 43.3 Å². The number of halogens is 1. The van der Waals surface area contributed by atoms with Crippen LogP contribution in [0.25, 0.3) is 5.65 Å². The highest BCUT2D eigenvalue weighted by Crippen LogP contribution is 2.29. The first kappa shape index (κ1) is 20.7. The van der Waals surface area contributed by atoms with Crippen molar-refractivity contribution in [1.29, 1.82) is 0 Å². The number of aromatic nitrogens is 4. The van der Waals surface area contributed by atoms with Crippen LogP contribution in [0.3, 0.4) is 0 Å². The van der Waals surface area contributed by atoms with Gasteiger partial charge in [-0.3, -0.25) is 4.40 Å². The second-order valence-electron chi connectivity index (χ2n) is 7.50. The second-order valence-corrected chi connectivity index (χ2v) is 8.35. The van der Waals surface area contributed by atoms with Gasteiger partial charge >= 0.3 is 0 Å². The summed E-state index contributed by atoms with van der Waals surface area (Å²) in [6.07, 6.45) is 5.35. The monoisotopic (exact) mass is 494 g/mol. The van der Waals surface area contributed by atoms with Gasteiger partial charge in [0.1, 0.15) is 17.8 Å². The van der Waals surface area contributed by atoms with E-state index in [4.69, 9.17) is 15.2 Å². The van der Waals surface area contributed by atoms with Gasteiger partial charge in [-0.05, 0) is 39.2 Å². The molecule has 0 amide bonds. The summed E-state index contributed by atoms with van der Waals surface area (Å²) >= 11 is 3.42. The number of nitrogens with one attached hydrogen (secondary N) is 1. The van der Waals surface area contributed by atoms with Gasteiger partial charge in [-0.15, -0.1) is 10.2 Å². The molecule has 0 saturated carbocycles. The van der Waals surface area contributed by atoms with Crippen molar-refractivity contribution in [2.45, 2.75) is 25.9 Å². The Hall–Kier alpha value is -3.17. The van der Waals surface area contributed by atoms with Crippen molar-refractivity contribution in [3.63, 3.8) is 0 Å². The van der Waals surface area contributed by atoms with Crippen molar-refractivity contribution in [3.8, 4) is 11.5 Å². The van der Waals surface area contributed by atoms with Gasteiger partial charge in [0.25, 0.3) is 0 Å². The number of nitrogens with zero attached hydrogens (tertiary/aromatic N) is 4. The molecule has 9 heteroatoms. The minimum atomic E-state index is 0.618. The third-order valence-corrected chi connectivity index (χ3v) is 6.19. The van der Waals surface area contributed by atoms with Crippen LogP contribution < -0.4 is 20.5 Å². The maximum atomic E-state index is 5.59. The average molecular weight is 495 g/mol. The van der Waals surface area contributed by atoms with Crippen molar-refractivity contribution in [1.82, 2.24) is 19.6 Å². The fraction of sp³-hybridized carbons (Fsp3) is 0.261. The molecule has 164 valence electrons. The van der Waals surface area contributed by atoms with E-state index in [1.54, 1.807) is 12.5 Å². The third-order valence-electron chi connectivity index (χ3n) is 5.63. The molecule has 0 fully saturated rings. The Balaban J connectivity index is 0.000000165. The van der Waals surface area contributed by atoms with E-state index in [9.17, 15) is 0 Å². The van der Waals surface area contributed by atoms with E-state index in [1.807, 2.05) is 28.7 Å². The number of rotatable bonds is 4. The average Bonchev–Trinajstić information content (AvgIpc) is 3.59. The highest BCUT2D eigenvalue weighted by Gasteiger charge is 2.16. The first-order valence-electron chi connectivity index (χ1n) is 10.5. The SMILES string of the molecule is Brc1cnc(NCc2cccc3c2CCO3)n2cnnc12.NCc1cccc2c1CCO2. The van der Waals surface area contributed by atoms with Crippen molar-refractivity contribution >= 4 is 27.5 Å². The van der Waals surface area contributed by atoms with Crippen molar-refractivity contribution < 1.29 is 9.47 Å². The number of hydrogen-bond acceptors (Lipinski definition) is 7. The molecule has 32 heavy (non-hydrogen) atoms. The zero-order valence-corrected chi connectivity index (χ0v) is 19.0. The fourth-order valence-corrected chi connectivity index (χ4v) is 4.41. The molecule has 0 aliphatic carbocycles. The molecule has 6 rings (SSSR count). The molecule has 0 bridgehead atoms. The smallest absolute Gasteiger partial charge is 0.210 e. The van der Waals surface area contributed by atoms with Crippen LogP contribution in [0.4, 0.5) is 5.95 Å². The van der Waals surface area contributed by atoms with E-state index >= 15 is 0 Å². The molecular weight excluding hydrogens is 472 g/mol. The molecule has 2 aliphatic heterocycles. The van der Waals surface area contributed by atoms with Gasteiger partial charge in [-0.1, -0.05) is 24.3 Å². The number of ether oxygens (including phenoxy) is 2. The van der Waals surface area contributed by atoms with Gasteiger partial charge in [0.05, 0.1) is 17.7 Å². The molecule has 0 unspecified atom stereocenters. The van der Waals surface area contributed by atoms with Crippen molar-refractivity contribution in [2.24, 2.45) is 5.73 Å². The maximum Gasteiger partial charge on any atom is 0.210 e. The molecule has 0 radical (unpaired) electrons. The lowest BCUT2D eigenvalue weighted by molar-refractivity contribution is 0.356. The van der Waals surface area contributed by atoms with Gasteiger partial charge < -0.3 is 20.5 Å². The summed E-state index contributed by atoms with van der Waals surface area (Å²) in [5.74, 6) is 2.73. The lowest BCUT2D eigenvalue weighted by atomic mass is 10.1. The lowest BCUT2D eigenvalue weighted by Gasteiger charge is -2.10. The first-order valence-corrected chi connectivity index (χ1v) is 11.3. The summed E-state index contributed by atoms with van der Waals surface area (Å²) in [5.41, 5.74) is 11.3. The predicted octanol–water partition coefficient (Wildman–Crippen LogP) is 3.51. The van der Waals surface area contributed by atoms with Crippen LogP contribution in [0.15, 0.2) is 53.4 Å². The van der Waals surface area contributed by atoms with E-state index in [0.29, 0.717) is 13.1 Å². The van der Waals surface area contributed by atoms with Crippen LogP contribution in [0.2, 0.25) is 0 Å². The quantitative estimate of drug-likeness (QED) is 0.447.